The SMILES string of the molecule is O=C(N[C@@H](CO)C1CCCCC1)[C@H]1CCN(c2ncnc3[nH]ccc23)CC12CC2. The molecule has 156 valence electrons. The fourth-order valence-electron chi connectivity index (χ4n) is 5.66. The molecule has 2 atom stereocenters. The molecule has 2 aromatic rings. The van der Waals surface area contributed by atoms with Gasteiger partial charge in [-0.15, -0.1) is 0 Å². The van der Waals surface area contributed by atoms with E-state index in [4.69, 9.17) is 0 Å². The van der Waals surface area contributed by atoms with Gasteiger partial charge in [0, 0.05) is 25.2 Å². The minimum absolute atomic E-state index is 0.0416. The standard InChI is InChI=1S/C22H31N5O2/c28-12-18(15-4-2-1-3-5-15)26-21(29)17-7-11-27(13-22(17)8-9-22)20-16-6-10-23-19(16)24-14-25-20/h6,10,14-15,17-18,28H,1-5,7-9,11-13H2,(H,26,29)(H,23,24,25)/t17-,18+/m1/s1. The third kappa shape index (κ3) is 3.50. The second-order valence-corrected chi connectivity index (χ2v) is 9.26. The Bertz CT molecular complexity index is 871. The molecule has 0 unspecified atom stereocenters. The van der Waals surface area contributed by atoms with E-state index in [1.54, 1.807) is 6.33 Å². The van der Waals surface area contributed by atoms with Crippen molar-refractivity contribution >= 4 is 22.8 Å². The first-order chi connectivity index (χ1) is 14.2. The molecule has 5 rings (SSSR count). The van der Waals surface area contributed by atoms with Gasteiger partial charge in [-0.2, -0.15) is 0 Å². The molecule has 0 radical (unpaired) electrons. The van der Waals surface area contributed by atoms with Crippen molar-refractivity contribution in [1.82, 2.24) is 20.3 Å². The number of carbonyl (C=O) groups is 1. The summed E-state index contributed by atoms with van der Waals surface area (Å²) in [6.45, 7) is 1.74. The Morgan fingerprint density at radius 1 is 1.28 bits per heavy atom. The van der Waals surface area contributed by atoms with Gasteiger partial charge in [-0.3, -0.25) is 4.79 Å². The Labute approximate surface area is 171 Å². The topological polar surface area (TPSA) is 94.1 Å². The monoisotopic (exact) mass is 397 g/mol. The molecule has 29 heavy (non-hydrogen) atoms. The van der Waals surface area contributed by atoms with Crippen molar-refractivity contribution in [2.75, 3.05) is 24.6 Å². The number of hydrogen-bond acceptors (Lipinski definition) is 5. The van der Waals surface area contributed by atoms with Crippen LogP contribution in [0, 0.1) is 17.3 Å². The maximum atomic E-state index is 13.2. The number of aliphatic hydroxyl groups is 1. The summed E-state index contributed by atoms with van der Waals surface area (Å²) < 4.78 is 0. The third-order valence-electron chi connectivity index (χ3n) is 7.52. The van der Waals surface area contributed by atoms with Crippen molar-refractivity contribution in [2.24, 2.45) is 17.3 Å². The van der Waals surface area contributed by atoms with Gasteiger partial charge in [0.15, 0.2) is 0 Å². The Kier molecular flexibility index (Phi) is 4.94. The van der Waals surface area contributed by atoms with Gasteiger partial charge in [0.05, 0.1) is 18.0 Å². The normalized spacial score (nSPS) is 25.3. The summed E-state index contributed by atoms with van der Waals surface area (Å²) in [7, 11) is 0. The second kappa shape index (κ2) is 7.59. The smallest absolute Gasteiger partial charge is 0.224 e. The number of aromatic nitrogens is 3. The van der Waals surface area contributed by atoms with Crippen LogP contribution in [0.3, 0.4) is 0 Å². The lowest BCUT2D eigenvalue weighted by molar-refractivity contribution is -0.129. The lowest BCUT2D eigenvalue weighted by Gasteiger charge is -2.40. The maximum Gasteiger partial charge on any atom is 0.224 e. The van der Waals surface area contributed by atoms with Crippen LogP contribution in [0.4, 0.5) is 5.82 Å². The lowest BCUT2D eigenvalue weighted by Crippen LogP contribution is -2.52. The van der Waals surface area contributed by atoms with Crippen molar-refractivity contribution < 1.29 is 9.90 Å². The average Bonchev–Trinajstić information content (AvgIpc) is 3.34. The van der Waals surface area contributed by atoms with Gasteiger partial charge in [-0.05, 0) is 49.5 Å². The number of anilines is 1. The Morgan fingerprint density at radius 3 is 2.86 bits per heavy atom. The molecule has 3 aliphatic rings. The van der Waals surface area contributed by atoms with Crippen LogP contribution in [0.1, 0.15) is 51.4 Å². The summed E-state index contributed by atoms with van der Waals surface area (Å²) in [6, 6.07) is 1.94. The number of H-pyrrole nitrogens is 1. The van der Waals surface area contributed by atoms with Gasteiger partial charge < -0.3 is 20.3 Å². The van der Waals surface area contributed by atoms with Gasteiger partial charge in [0.2, 0.25) is 5.91 Å². The molecule has 0 bridgehead atoms. The van der Waals surface area contributed by atoms with Gasteiger partial charge in [-0.25, -0.2) is 9.97 Å². The molecular weight excluding hydrogens is 366 g/mol. The zero-order chi connectivity index (χ0) is 19.8. The minimum atomic E-state index is -0.0852. The molecular formula is C22H31N5O2. The van der Waals surface area contributed by atoms with Crippen LogP contribution in [0.15, 0.2) is 18.6 Å². The van der Waals surface area contributed by atoms with Crippen LogP contribution >= 0.6 is 0 Å². The average molecular weight is 398 g/mol. The molecule has 2 saturated carbocycles. The molecule has 7 nitrogen and oxygen atoms in total. The Balaban J connectivity index is 1.28. The van der Waals surface area contributed by atoms with Crippen LogP contribution in [0.5, 0.6) is 0 Å². The molecule has 3 fully saturated rings. The van der Waals surface area contributed by atoms with E-state index < -0.39 is 0 Å². The number of nitrogens with one attached hydrogen (secondary N) is 2. The summed E-state index contributed by atoms with van der Waals surface area (Å²) in [5, 5.41) is 14.2. The fraction of sp³-hybridized carbons (Fsp3) is 0.682. The Hall–Kier alpha value is -2.15. The lowest BCUT2D eigenvalue weighted by atomic mass is 9.80. The highest BCUT2D eigenvalue weighted by Gasteiger charge is 2.55. The number of carbonyl (C=O) groups excluding carboxylic acids is 1. The highest BCUT2D eigenvalue weighted by atomic mass is 16.3. The highest BCUT2D eigenvalue weighted by molar-refractivity contribution is 5.87. The van der Waals surface area contributed by atoms with Crippen molar-refractivity contribution in [3.05, 3.63) is 18.6 Å². The number of piperidine rings is 1. The second-order valence-electron chi connectivity index (χ2n) is 9.26. The van der Waals surface area contributed by atoms with Crippen LogP contribution < -0.4 is 10.2 Å². The van der Waals surface area contributed by atoms with E-state index in [9.17, 15) is 9.90 Å². The first kappa shape index (κ1) is 18.9. The number of aromatic amines is 1. The van der Waals surface area contributed by atoms with E-state index in [0.717, 1.165) is 62.0 Å². The predicted octanol–water partition coefficient (Wildman–Crippen LogP) is 2.62. The molecule has 2 aromatic heterocycles. The first-order valence-electron chi connectivity index (χ1n) is 11.1. The molecule has 3 heterocycles. The number of hydrogen-bond donors (Lipinski definition) is 3. The van der Waals surface area contributed by atoms with E-state index in [0.29, 0.717) is 5.92 Å². The number of rotatable bonds is 5. The van der Waals surface area contributed by atoms with E-state index in [1.165, 1.54) is 19.3 Å². The predicted molar refractivity (Wildman–Crippen MR) is 111 cm³/mol. The van der Waals surface area contributed by atoms with Gasteiger partial charge >= 0.3 is 0 Å². The number of fused-ring (bicyclic) bond motifs is 1. The molecule has 0 aromatic carbocycles. The van der Waals surface area contributed by atoms with Crippen molar-refractivity contribution in [3.8, 4) is 0 Å². The van der Waals surface area contributed by atoms with Crippen LogP contribution in [-0.2, 0) is 4.79 Å². The number of aliphatic hydroxyl groups excluding tert-OH is 1. The molecule has 1 amide bonds. The van der Waals surface area contributed by atoms with E-state index in [2.05, 4.69) is 25.2 Å². The summed E-state index contributed by atoms with van der Waals surface area (Å²) in [4.78, 5) is 27.5. The zero-order valence-electron chi connectivity index (χ0n) is 16.9. The Morgan fingerprint density at radius 2 is 2.10 bits per heavy atom. The first-order valence-corrected chi connectivity index (χ1v) is 11.1. The van der Waals surface area contributed by atoms with Crippen LogP contribution in [-0.4, -0.2) is 51.7 Å². The molecule has 7 heteroatoms. The van der Waals surface area contributed by atoms with E-state index >= 15 is 0 Å². The quantitative estimate of drug-likeness (QED) is 0.721. The largest absolute Gasteiger partial charge is 0.394 e. The molecule has 3 N–H and O–H groups in total. The molecule has 1 saturated heterocycles. The zero-order valence-corrected chi connectivity index (χ0v) is 16.9. The van der Waals surface area contributed by atoms with E-state index in [1.807, 2.05) is 12.3 Å². The summed E-state index contributed by atoms with van der Waals surface area (Å²) in [5.41, 5.74) is 0.917. The van der Waals surface area contributed by atoms with E-state index in [-0.39, 0.29) is 29.9 Å². The highest BCUT2D eigenvalue weighted by Crippen LogP contribution is 2.56. The third-order valence-corrected chi connectivity index (χ3v) is 7.52. The van der Waals surface area contributed by atoms with Crippen molar-refractivity contribution in [1.29, 1.82) is 0 Å². The van der Waals surface area contributed by atoms with Crippen molar-refractivity contribution in [3.63, 3.8) is 0 Å². The fourth-order valence-corrected chi connectivity index (χ4v) is 5.66. The summed E-state index contributed by atoms with van der Waals surface area (Å²) in [6.07, 6.45) is 12.5. The number of amides is 1. The van der Waals surface area contributed by atoms with Gasteiger partial charge in [-0.1, -0.05) is 19.3 Å². The van der Waals surface area contributed by atoms with Gasteiger partial charge in [0.25, 0.3) is 0 Å². The number of nitrogens with zero attached hydrogens (tertiary/aromatic N) is 3. The maximum absolute atomic E-state index is 13.2. The van der Waals surface area contributed by atoms with Crippen LogP contribution in [0.2, 0.25) is 0 Å². The minimum Gasteiger partial charge on any atom is -0.394 e. The molecule has 2 aliphatic carbocycles. The van der Waals surface area contributed by atoms with Crippen molar-refractivity contribution in [2.45, 2.75) is 57.4 Å². The van der Waals surface area contributed by atoms with Crippen LogP contribution in [0.25, 0.3) is 11.0 Å². The molecule has 1 aliphatic heterocycles. The summed E-state index contributed by atoms with van der Waals surface area (Å²) in [5.74, 6) is 1.59. The van der Waals surface area contributed by atoms with Gasteiger partial charge in [0.1, 0.15) is 17.8 Å². The summed E-state index contributed by atoms with van der Waals surface area (Å²) >= 11 is 0. The molecule has 1 spiro atoms.